The van der Waals surface area contributed by atoms with Crippen molar-refractivity contribution in [1.82, 2.24) is 0 Å². The summed E-state index contributed by atoms with van der Waals surface area (Å²) in [7, 11) is 0. The molecule has 7 atom stereocenters. The molecule has 4 rings (SSSR count). The number of carbonyl (C=O) groups is 3. The number of aliphatic carboxylic acids is 1. The lowest BCUT2D eigenvalue weighted by Crippen LogP contribution is -2.57. The van der Waals surface area contributed by atoms with Gasteiger partial charge in [0.2, 0.25) is 0 Å². The van der Waals surface area contributed by atoms with E-state index in [1.54, 1.807) is 6.08 Å². The van der Waals surface area contributed by atoms with E-state index in [1.807, 2.05) is 13.8 Å². The fourth-order valence-corrected chi connectivity index (χ4v) is 8.01. The summed E-state index contributed by atoms with van der Waals surface area (Å²) in [5.41, 5.74) is -0.573. The molecule has 6 heteroatoms. The van der Waals surface area contributed by atoms with Crippen LogP contribution in [0.4, 0.5) is 0 Å². The fraction of sp³-hybridized carbons (Fsp3) is 0.808. The maximum absolute atomic E-state index is 13.2. The molecular weight excluding hydrogens is 408 g/mol. The molecule has 1 unspecified atom stereocenters. The molecule has 0 aliphatic heterocycles. The van der Waals surface area contributed by atoms with E-state index in [4.69, 9.17) is 4.74 Å². The van der Waals surface area contributed by atoms with Gasteiger partial charge in [0.15, 0.2) is 5.78 Å². The Bertz CT molecular complexity index is 845. The van der Waals surface area contributed by atoms with Crippen LogP contribution in [0.15, 0.2) is 11.6 Å². The van der Waals surface area contributed by atoms with E-state index in [9.17, 15) is 24.6 Å². The van der Waals surface area contributed by atoms with Crippen molar-refractivity contribution in [3.63, 3.8) is 0 Å². The van der Waals surface area contributed by atoms with Gasteiger partial charge in [0, 0.05) is 12.8 Å². The highest BCUT2D eigenvalue weighted by Gasteiger charge is 2.65. The Kier molecular flexibility index (Phi) is 5.84. The molecule has 178 valence electrons. The normalized spacial score (nSPS) is 43.2. The van der Waals surface area contributed by atoms with Gasteiger partial charge in [-0.25, -0.2) is 0 Å². The molecule has 0 amide bonds. The summed E-state index contributed by atoms with van der Waals surface area (Å²) in [5.74, 6) is -0.562. The summed E-state index contributed by atoms with van der Waals surface area (Å²) >= 11 is 0. The molecule has 0 radical (unpaired) electrons. The molecule has 2 N–H and O–H groups in total. The molecule has 0 heterocycles. The third-order valence-corrected chi connectivity index (χ3v) is 9.72. The van der Waals surface area contributed by atoms with E-state index in [-0.39, 0.29) is 53.4 Å². The van der Waals surface area contributed by atoms with Crippen molar-refractivity contribution in [2.75, 3.05) is 0 Å². The van der Waals surface area contributed by atoms with Crippen LogP contribution < -0.4 is 0 Å². The Labute approximate surface area is 190 Å². The van der Waals surface area contributed by atoms with Gasteiger partial charge < -0.3 is 14.9 Å². The minimum Gasteiger partial charge on any atom is -0.481 e. The average molecular weight is 447 g/mol. The first-order valence-electron chi connectivity index (χ1n) is 12.3. The molecule has 4 aliphatic rings. The molecule has 0 aromatic rings. The monoisotopic (exact) mass is 446 g/mol. The highest BCUT2D eigenvalue weighted by atomic mass is 16.5. The van der Waals surface area contributed by atoms with Gasteiger partial charge in [-0.3, -0.25) is 14.4 Å². The van der Waals surface area contributed by atoms with Gasteiger partial charge in [0.1, 0.15) is 0 Å². The number of aliphatic hydroxyl groups is 1. The Morgan fingerprint density at radius 1 is 1.16 bits per heavy atom. The van der Waals surface area contributed by atoms with E-state index < -0.39 is 17.5 Å². The van der Waals surface area contributed by atoms with Crippen LogP contribution >= 0.6 is 0 Å². The number of ether oxygens (including phenoxy) is 1. The van der Waals surface area contributed by atoms with Crippen LogP contribution in [0.25, 0.3) is 0 Å². The minimum atomic E-state index is -0.978. The SMILES string of the molecule is CC(C)OC(=O)C1C[C@@H]2[C@H](CC[C@@]3(C)[C@H]2CC[C@]3(O)CCC(=O)O)[C@@]2(C)CCC(=O)C=C12. The predicted molar refractivity (Wildman–Crippen MR) is 119 cm³/mol. The number of esters is 1. The largest absolute Gasteiger partial charge is 0.481 e. The van der Waals surface area contributed by atoms with Gasteiger partial charge in [-0.2, -0.15) is 0 Å². The zero-order chi connectivity index (χ0) is 23.5. The van der Waals surface area contributed by atoms with Crippen LogP contribution in [0.2, 0.25) is 0 Å². The molecule has 0 spiro atoms. The standard InChI is InChI=1S/C26H38O6/c1-15(2)32-23(30)18-14-17-19(24(3)9-5-16(27)13-21(18)24)6-10-25(4)20(17)7-11-26(25,31)12-8-22(28)29/h13,15,17-20,31H,5-12,14H2,1-4H3,(H,28,29)/t17-,18?,19+,20+,24-,25+,26+/m1/s1. The number of fused-ring (bicyclic) bond motifs is 5. The molecule has 0 bridgehead atoms. The lowest BCUT2D eigenvalue weighted by molar-refractivity contribution is -0.162. The Balaban J connectivity index is 1.69. The van der Waals surface area contributed by atoms with E-state index in [1.165, 1.54) is 0 Å². The van der Waals surface area contributed by atoms with Gasteiger partial charge in [-0.05, 0) is 99.0 Å². The third kappa shape index (κ3) is 3.53. The molecule has 0 saturated heterocycles. The van der Waals surface area contributed by atoms with Crippen LogP contribution in [-0.4, -0.2) is 39.6 Å². The summed E-state index contributed by atoms with van der Waals surface area (Å²) < 4.78 is 5.64. The number of hydrogen-bond acceptors (Lipinski definition) is 5. The van der Waals surface area contributed by atoms with Crippen molar-refractivity contribution in [2.24, 2.45) is 34.5 Å². The first-order chi connectivity index (χ1) is 14.9. The van der Waals surface area contributed by atoms with E-state index in [0.29, 0.717) is 25.2 Å². The van der Waals surface area contributed by atoms with Crippen molar-refractivity contribution < 1.29 is 29.3 Å². The quantitative estimate of drug-likeness (QED) is 0.611. The van der Waals surface area contributed by atoms with Crippen LogP contribution in [0, 0.1) is 34.5 Å². The highest BCUT2D eigenvalue weighted by Crippen LogP contribution is 2.69. The van der Waals surface area contributed by atoms with Gasteiger partial charge >= 0.3 is 11.9 Å². The van der Waals surface area contributed by atoms with Gasteiger partial charge in [0.25, 0.3) is 0 Å². The van der Waals surface area contributed by atoms with Gasteiger partial charge in [-0.15, -0.1) is 0 Å². The van der Waals surface area contributed by atoms with Crippen LogP contribution in [-0.2, 0) is 19.1 Å². The molecule has 3 saturated carbocycles. The van der Waals surface area contributed by atoms with Gasteiger partial charge in [-0.1, -0.05) is 13.8 Å². The maximum atomic E-state index is 13.2. The Morgan fingerprint density at radius 3 is 2.50 bits per heavy atom. The molecule has 4 aliphatic carbocycles. The summed E-state index contributed by atoms with van der Waals surface area (Å²) in [6.45, 7) is 8.06. The van der Waals surface area contributed by atoms with E-state index in [2.05, 4.69) is 13.8 Å². The number of ketones is 1. The smallest absolute Gasteiger partial charge is 0.313 e. The highest BCUT2D eigenvalue weighted by molar-refractivity contribution is 5.93. The first kappa shape index (κ1) is 23.5. The number of rotatable bonds is 5. The van der Waals surface area contributed by atoms with Crippen molar-refractivity contribution in [2.45, 2.75) is 97.2 Å². The summed E-state index contributed by atoms with van der Waals surface area (Å²) in [4.78, 5) is 36.7. The fourth-order valence-electron chi connectivity index (χ4n) is 8.01. The van der Waals surface area contributed by atoms with Crippen molar-refractivity contribution in [1.29, 1.82) is 0 Å². The molecule has 6 nitrogen and oxygen atoms in total. The average Bonchev–Trinajstić information content (AvgIpc) is 2.97. The summed E-state index contributed by atoms with van der Waals surface area (Å²) in [5, 5.41) is 20.8. The van der Waals surface area contributed by atoms with E-state index in [0.717, 1.165) is 31.3 Å². The summed E-state index contributed by atoms with van der Waals surface area (Å²) in [6, 6.07) is 0. The van der Waals surface area contributed by atoms with Crippen molar-refractivity contribution in [3.8, 4) is 0 Å². The lowest BCUT2D eigenvalue weighted by Gasteiger charge is -2.60. The van der Waals surface area contributed by atoms with E-state index >= 15 is 0 Å². The van der Waals surface area contributed by atoms with Gasteiger partial charge in [0.05, 0.1) is 17.6 Å². The number of carboxylic acid groups (broad SMARTS) is 1. The Morgan fingerprint density at radius 2 is 1.84 bits per heavy atom. The third-order valence-electron chi connectivity index (χ3n) is 9.72. The zero-order valence-corrected chi connectivity index (χ0v) is 19.9. The van der Waals surface area contributed by atoms with Crippen LogP contribution in [0.5, 0.6) is 0 Å². The lowest BCUT2D eigenvalue weighted by atomic mass is 9.44. The second kappa shape index (κ2) is 7.96. The minimum absolute atomic E-state index is 0.0248. The molecular formula is C26H38O6. The Hall–Kier alpha value is -1.69. The maximum Gasteiger partial charge on any atom is 0.313 e. The zero-order valence-electron chi connectivity index (χ0n) is 19.9. The topological polar surface area (TPSA) is 101 Å². The second-order valence-corrected chi connectivity index (χ2v) is 11.6. The predicted octanol–water partition coefficient (Wildman–Crippen LogP) is 4.29. The summed E-state index contributed by atoms with van der Waals surface area (Å²) in [6.07, 6.45) is 6.96. The van der Waals surface area contributed by atoms with Crippen LogP contribution in [0.1, 0.15) is 85.5 Å². The number of hydrogen-bond donors (Lipinski definition) is 2. The number of carboxylic acids is 1. The number of carbonyl (C=O) groups excluding carboxylic acids is 2. The first-order valence-corrected chi connectivity index (χ1v) is 12.3. The van der Waals surface area contributed by atoms with Crippen molar-refractivity contribution >= 4 is 17.7 Å². The molecule has 0 aromatic heterocycles. The van der Waals surface area contributed by atoms with Crippen LogP contribution in [0.3, 0.4) is 0 Å². The molecule has 0 aromatic carbocycles. The van der Waals surface area contributed by atoms with Crippen molar-refractivity contribution in [3.05, 3.63) is 11.6 Å². The molecule has 32 heavy (non-hydrogen) atoms. The second-order valence-electron chi connectivity index (χ2n) is 11.6. The molecule has 3 fully saturated rings.